The van der Waals surface area contributed by atoms with Crippen LogP contribution in [0.3, 0.4) is 0 Å². The van der Waals surface area contributed by atoms with Gasteiger partial charge in [-0.2, -0.15) is 0 Å². The summed E-state index contributed by atoms with van der Waals surface area (Å²) in [5, 5.41) is 11.7. The number of halogens is 1. The van der Waals surface area contributed by atoms with Crippen molar-refractivity contribution < 1.29 is 9.59 Å². The number of hydrogen-bond acceptors (Lipinski definition) is 3. The van der Waals surface area contributed by atoms with Gasteiger partial charge in [-0.3, -0.25) is 4.79 Å². The SMILES string of the molecule is Cl.O=C(Nc1ccccc1)Nc1cccc(NC(=O)C2CCCNC2)c1. The van der Waals surface area contributed by atoms with Crippen molar-refractivity contribution in [2.24, 2.45) is 5.92 Å². The average molecular weight is 375 g/mol. The number of piperidine rings is 1. The third kappa shape index (κ3) is 5.75. The Balaban J connectivity index is 0.00000243. The number of urea groups is 1. The summed E-state index contributed by atoms with van der Waals surface area (Å²) in [5.74, 6) is 0.00447. The molecule has 1 fully saturated rings. The first kappa shape index (κ1) is 19.8. The van der Waals surface area contributed by atoms with Crippen LogP contribution in [0.5, 0.6) is 0 Å². The Morgan fingerprint density at radius 2 is 1.54 bits per heavy atom. The minimum absolute atomic E-state index is 0. The lowest BCUT2D eigenvalue weighted by molar-refractivity contribution is -0.120. The summed E-state index contributed by atoms with van der Waals surface area (Å²) in [4.78, 5) is 24.3. The molecule has 6 nitrogen and oxygen atoms in total. The van der Waals surface area contributed by atoms with Crippen LogP contribution in [0.4, 0.5) is 21.9 Å². The van der Waals surface area contributed by atoms with Gasteiger partial charge in [0, 0.05) is 23.6 Å². The Kier molecular flexibility index (Phi) is 7.44. The molecule has 1 atom stereocenters. The predicted molar refractivity (Wildman–Crippen MR) is 107 cm³/mol. The van der Waals surface area contributed by atoms with Crippen LogP contribution in [-0.4, -0.2) is 25.0 Å². The third-order valence-corrected chi connectivity index (χ3v) is 4.09. The molecule has 2 aromatic carbocycles. The minimum Gasteiger partial charge on any atom is -0.326 e. The van der Waals surface area contributed by atoms with E-state index in [2.05, 4.69) is 21.3 Å². The molecule has 0 spiro atoms. The molecule has 1 saturated heterocycles. The zero-order chi connectivity index (χ0) is 17.5. The Morgan fingerprint density at radius 1 is 0.885 bits per heavy atom. The highest BCUT2D eigenvalue weighted by Crippen LogP contribution is 2.18. The van der Waals surface area contributed by atoms with Gasteiger partial charge in [0.05, 0.1) is 5.92 Å². The van der Waals surface area contributed by atoms with Crippen LogP contribution in [0.15, 0.2) is 54.6 Å². The van der Waals surface area contributed by atoms with E-state index < -0.39 is 0 Å². The first-order valence-electron chi connectivity index (χ1n) is 8.45. The molecule has 1 heterocycles. The van der Waals surface area contributed by atoms with Crippen LogP contribution in [0.2, 0.25) is 0 Å². The minimum atomic E-state index is -0.328. The normalized spacial score (nSPS) is 16.1. The lowest BCUT2D eigenvalue weighted by Gasteiger charge is -2.22. The summed E-state index contributed by atoms with van der Waals surface area (Å²) >= 11 is 0. The number of benzene rings is 2. The van der Waals surface area contributed by atoms with E-state index in [9.17, 15) is 9.59 Å². The second kappa shape index (κ2) is 9.79. The predicted octanol–water partition coefficient (Wildman–Crippen LogP) is 3.69. The molecule has 138 valence electrons. The summed E-state index contributed by atoms with van der Waals surface area (Å²) in [6.45, 7) is 1.68. The molecule has 3 amide bonds. The van der Waals surface area contributed by atoms with Crippen molar-refractivity contribution in [3.8, 4) is 0 Å². The van der Waals surface area contributed by atoms with Crippen LogP contribution < -0.4 is 21.3 Å². The molecule has 7 heteroatoms. The topological polar surface area (TPSA) is 82.3 Å². The van der Waals surface area contributed by atoms with E-state index >= 15 is 0 Å². The van der Waals surface area contributed by atoms with Crippen LogP contribution in [-0.2, 0) is 4.79 Å². The fraction of sp³-hybridized carbons (Fsp3) is 0.263. The summed E-state index contributed by atoms with van der Waals surface area (Å²) in [6, 6.07) is 16.0. The monoisotopic (exact) mass is 374 g/mol. The molecule has 0 aliphatic carbocycles. The quantitative estimate of drug-likeness (QED) is 0.658. The molecule has 2 aromatic rings. The number of para-hydroxylation sites is 1. The van der Waals surface area contributed by atoms with Crippen LogP contribution >= 0.6 is 12.4 Å². The second-order valence-corrected chi connectivity index (χ2v) is 6.06. The van der Waals surface area contributed by atoms with Gasteiger partial charge in [0.15, 0.2) is 0 Å². The van der Waals surface area contributed by atoms with E-state index in [0.717, 1.165) is 19.4 Å². The van der Waals surface area contributed by atoms with Gasteiger partial charge in [-0.25, -0.2) is 4.79 Å². The smallest absolute Gasteiger partial charge is 0.323 e. The van der Waals surface area contributed by atoms with E-state index in [0.29, 0.717) is 23.6 Å². The molecule has 4 N–H and O–H groups in total. The van der Waals surface area contributed by atoms with Gasteiger partial charge in [0.2, 0.25) is 5.91 Å². The van der Waals surface area contributed by atoms with Crippen molar-refractivity contribution in [3.05, 3.63) is 54.6 Å². The molecule has 1 aliphatic heterocycles. The van der Waals surface area contributed by atoms with Gasteiger partial charge in [-0.05, 0) is 49.7 Å². The number of hydrogen-bond donors (Lipinski definition) is 4. The molecule has 0 radical (unpaired) electrons. The van der Waals surface area contributed by atoms with Gasteiger partial charge in [-0.15, -0.1) is 12.4 Å². The van der Waals surface area contributed by atoms with Gasteiger partial charge >= 0.3 is 6.03 Å². The maximum atomic E-state index is 12.3. The van der Waals surface area contributed by atoms with Crippen LogP contribution in [0.1, 0.15) is 12.8 Å². The van der Waals surface area contributed by atoms with Crippen molar-refractivity contribution >= 4 is 41.4 Å². The maximum absolute atomic E-state index is 12.3. The summed E-state index contributed by atoms with van der Waals surface area (Å²) < 4.78 is 0. The number of amides is 3. The fourth-order valence-corrected chi connectivity index (χ4v) is 2.81. The number of carbonyl (C=O) groups is 2. The van der Waals surface area contributed by atoms with Crippen molar-refractivity contribution in [1.29, 1.82) is 0 Å². The van der Waals surface area contributed by atoms with Gasteiger partial charge < -0.3 is 21.3 Å². The van der Waals surface area contributed by atoms with E-state index in [1.54, 1.807) is 18.2 Å². The first-order chi connectivity index (χ1) is 12.2. The Labute approximate surface area is 159 Å². The number of anilines is 3. The molecule has 1 unspecified atom stereocenters. The molecule has 26 heavy (non-hydrogen) atoms. The summed E-state index contributed by atoms with van der Waals surface area (Å²) in [7, 11) is 0. The van der Waals surface area contributed by atoms with E-state index in [4.69, 9.17) is 0 Å². The van der Waals surface area contributed by atoms with Gasteiger partial charge in [0.25, 0.3) is 0 Å². The van der Waals surface area contributed by atoms with Crippen LogP contribution in [0.25, 0.3) is 0 Å². The molecule has 1 aliphatic rings. The Bertz CT molecular complexity index is 733. The standard InChI is InChI=1S/C19H22N4O2.ClH/c24-18(14-6-5-11-20-13-14)21-16-9-4-10-17(12-16)23-19(25)22-15-7-2-1-3-8-15;/h1-4,7-10,12,14,20H,5-6,11,13H2,(H,21,24)(H2,22,23,25);1H. The zero-order valence-corrected chi connectivity index (χ0v) is 15.1. The Hall–Kier alpha value is -2.57. The zero-order valence-electron chi connectivity index (χ0n) is 14.3. The van der Waals surface area contributed by atoms with Crippen LogP contribution in [0, 0.1) is 5.92 Å². The molecule has 0 saturated carbocycles. The highest BCUT2D eigenvalue weighted by molar-refractivity contribution is 6.00. The number of nitrogens with one attached hydrogen (secondary N) is 4. The lowest BCUT2D eigenvalue weighted by Crippen LogP contribution is -2.37. The molecule has 0 bridgehead atoms. The number of rotatable bonds is 4. The Morgan fingerprint density at radius 3 is 2.23 bits per heavy atom. The van der Waals surface area contributed by atoms with Crippen molar-refractivity contribution in [3.63, 3.8) is 0 Å². The average Bonchev–Trinajstić information content (AvgIpc) is 2.63. The van der Waals surface area contributed by atoms with Gasteiger partial charge in [0.1, 0.15) is 0 Å². The van der Waals surface area contributed by atoms with Crippen molar-refractivity contribution in [1.82, 2.24) is 5.32 Å². The number of carbonyl (C=O) groups excluding carboxylic acids is 2. The maximum Gasteiger partial charge on any atom is 0.323 e. The van der Waals surface area contributed by atoms with Gasteiger partial charge in [-0.1, -0.05) is 24.3 Å². The molecular weight excluding hydrogens is 352 g/mol. The molecular formula is C19H23ClN4O2. The van der Waals surface area contributed by atoms with E-state index in [1.807, 2.05) is 36.4 Å². The summed E-state index contributed by atoms with van der Waals surface area (Å²) in [6.07, 6.45) is 1.91. The molecule has 0 aromatic heterocycles. The first-order valence-corrected chi connectivity index (χ1v) is 8.45. The van der Waals surface area contributed by atoms with Crippen molar-refractivity contribution in [2.75, 3.05) is 29.0 Å². The van der Waals surface area contributed by atoms with E-state index in [1.165, 1.54) is 0 Å². The van der Waals surface area contributed by atoms with Crippen molar-refractivity contribution in [2.45, 2.75) is 12.8 Å². The van der Waals surface area contributed by atoms with E-state index in [-0.39, 0.29) is 30.3 Å². The largest absolute Gasteiger partial charge is 0.326 e. The third-order valence-electron chi connectivity index (χ3n) is 4.09. The lowest BCUT2D eigenvalue weighted by atomic mass is 9.99. The highest BCUT2D eigenvalue weighted by Gasteiger charge is 2.20. The second-order valence-electron chi connectivity index (χ2n) is 6.06. The fourth-order valence-electron chi connectivity index (χ4n) is 2.81. The highest BCUT2D eigenvalue weighted by atomic mass is 35.5. The summed E-state index contributed by atoms with van der Waals surface area (Å²) in [5.41, 5.74) is 2.01. The molecule has 3 rings (SSSR count).